The van der Waals surface area contributed by atoms with Crippen LogP contribution in [0.3, 0.4) is 0 Å². The van der Waals surface area contributed by atoms with E-state index in [1.165, 1.54) is 20.2 Å². The van der Waals surface area contributed by atoms with E-state index in [1.807, 2.05) is 24.3 Å². The Morgan fingerprint density at radius 2 is 1.69 bits per heavy atom. The summed E-state index contributed by atoms with van der Waals surface area (Å²) in [6.07, 6.45) is 5.12. The molecular formula is C23H29N7O5. The van der Waals surface area contributed by atoms with Crippen LogP contribution in [0.25, 0.3) is 10.9 Å². The van der Waals surface area contributed by atoms with E-state index in [1.54, 1.807) is 12.4 Å². The third kappa shape index (κ3) is 6.67. The second-order valence-electron chi connectivity index (χ2n) is 8.31. The number of nitrogens with two attached hydrogens (primary N) is 1. The predicted molar refractivity (Wildman–Crippen MR) is 127 cm³/mol. The molecule has 0 saturated heterocycles. The van der Waals surface area contributed by atoms with Crippen LogP contribution in [-0.4, -0.2) is 67.9 Å². The number of aromatic amines is 2. The van der Waals surface area contributed by atoms with Crippen molar-refractivity contribution in [2.24, 2.45) is 5.73 Å². The molecule has 0 spiro atoms. The Morgan fingerprint density at radius 3 is 2.37 bits per heavy atom. The lowest BCUT2D eigenvalue weighted by molar-refractivity contribution is -0.141. The van der Waals surface area contributed by atoms with Gasteiger partial charge in [-0.25, -0.2) is 4.98 Å². The maximum absolute atomic E-state index is 13.1. The van der Waals surface area contributed by atoms with Crippen molar-refractivity contribution in [1.82, 2.24) is 30.9 Å². The number of H-pyrrole nitrogens is 2. The largest absolute Gasteiger partial charge is 0.480 e. The van der Waals surface area contributed by atoms with Gasteiger partial charge in [-0.05, 0) is 25.5 Å². The fraction of sp³-hybridized carbons (Fsp3) is 0.348. The number of aromatic nitrogens is 3. The third-order valence-electron chi connectivity index (χ3n) is 5.54. The van der Waals surface area contributed by atoms with Crippen LogP contribution in [0.2, 0.25) is 0 Å². The summed E-state index contributed by atoms with van der Waals surface area (Å²) >= 11 is 0. The zero-order valence-corrected chi connectivity index (χ0v) is 19.4. The molecule has 0 fully saturated rings. The Morgan fingerprint density at radius 1 is 0.971 bits per heavy atom. The first-order chi connectivity index (χ1) is 16.7. The zero-order valence-electron chi connectivity index (χ0n) is 19.4. The van der Waals surface area contributed by atoms with Gasteiger partial charge in [0, 0.05) is 41.8 Å². The molecule has 2 aromatic heterocycles. The van der Waals surface area contributed by atoms with Gasteiger partial charge in [-0.15, -0.1) is 0 Å². The van der Waals surface area contributed by atoms with E-state index < -0.39 is 47.9 Å². The lowest BCUT2D eigenvalue weighted by atomic mass is 10.0. The fourth-order valence-corrected chi connectivity index (χ4v) is 3.51. The number of nitrogens with one attached hydrogen (secondary N) is 5. The van der Waals surface area contributed by atoms with Crippen LogP contribution in [-0.2, 0) is 32.0 Å². The first-order valence-electron chi connectivity index (χ1n) is 11.1. The van der Waals surface area contributed by atoms with E-state index in [2.05, 4.69) is 30.9 Å². The number of fused-ring (bicyclic) bond motifs is 1. The molecule has 0 radical (unpaired) electrons. The minimum absolute atomic E-state index is 0.137. The van der Waals surface area contributed by atoms with Gasteiger partial charge < -0.3 is 36.8 Å². The summed E-state index contributed by atoms with van der Waals surface area (Å²) < 4.78 is 0. The minimum atomic E-state index is -1.20. The number of aliphatic carboxylic acids is 1. The molecule has 3 rings (SSSR count). The van der Waals surface area contributed by atoms with Crippen molar-refractivity contribution in [2.75, 3.05) is 0 Å². The number of carboxylic acid groups (broad SMARTS) is 1. The van der Waals surface area contributed by atoms with Crippen LogP contribution in [0.1, 0.15) is 25.1 Å². The third-order valence-corrected chi connectivity index (χ3v) is 5.54. The Hall–Kier alpha value is -4.19. The van der Waals surface area contributed by atoms with Crippen LogP contribution >= 0.6 is 0 Å². The summed E-state index contributed by atoms with van der Waals surface area (Å²) in [6, 6.07) is 3.39. The number of amides is 3. The van der Waals surface area contributed by atoms with E-state index in [0.29, 0.717) is 5.69 Å². The second kappa shape index (κ2) is 11.3. The van der Waals surface area contributed by atoms with Crippen LogP contribution in [0, 0.1) is 0 Å². The number of imidazole rings is 1. The van der Waals surface area contributed by atoms with Gasteiger partial charge in [-0.3, -0.25) is 19.2 Å². The zero-order chi connectivity index (χ0) is 25.5. The number of hydrogen-bond acceptors (Lipinski definition) is 6. The van der Waals surface area contributed by atoms with E-state index >= 15 is 0 Å². The van der Waals surface area contributed by atoms with Gasteiger partial charge in [0.25, 0.3) is 0 Å². The Balaban J connectivity index is 1.74. The maximum atomic E-state index is 13.1. The summed E-state index contributed by atoms with van der Waals surface area (Å²) in [5.41, 5.74) is 8.37. The number of carboxylic acids is 1. The van der Waals surface area contributed by atoms with E-state index in [0.717, 1.165) is 16.5 Å². The average molecular weight is 484 g/mol. The minimum Gasteiger partial charge on any atom is -0.480 e. The summed E-state index contributed by atoms with van der Waals surface area (Å²) in [5.74, 6) is -3.02. The molecule has 0 saturated carbocycles. The van der Waals surface area contributed by atoms with Gasteiger partial charge in [0.05, 0.1) is 12.4 Å². The Bertz CT molecular complexity index is 1190. The first-order valence-corrected chi connectivity index (χ1v) is 11.1. The first kappa shape index (κ1) is 25.4. The highest BCUT2D eigenvalue weighted by Crippen LogP contribution is 2.19. The standard InChI is InChI=1S/C23H29N7O5/c1-12(20(31)29-13(2)23(34)35)28-22(33)19(7-14-9-26-18-6-4-3-5-16(14)18)30-21(32)17(24)8-15-10-25-11-27-15/h3-6,9-13,17,19,26H,7-8,24H2,1-2H3,(H,25,27)(H,28,33)(H,29,31)(H,30,32)(H,34,35). The smallest absolute Gasteiger partial charge is 0.325 e. The molecule has 12 nitrogen and oxygen atoms in total. The SMILES string of the molecule is CC(NC(=O)C(C)NC(=O)C(Cc1c[nH]c2ccccc12)NC(=O)C(N)Cc1cnc[nH]1)C(=O)O. The summed E-state index contributed by atoms with van der Waals surface area (Å²) in [4.78, 5) is 59.1. The fourth-order valence-electron chi connectivity index (χ4n) is 3.51. The molecule has 4 atom stereocenters. The van der Waals surface area contributed by atoms with Gasteiger partial charge in [0.15, 0.2) is 0 Å². The molecule has 2 heterocycles. The molecule has 35 heavy (non-hydrogen) atoms. The number of carbonyl (C=O) groups is 4. The van der Waals surface area contributed by atoms with Crippen LogP contribution in [0.5, 0.6) is 0 Å². The predicted octanol–water partition coefficient (Wildman–Crippen LogP) is -0.418. The number of benzene rings is 1. The van der Waals surface area contributed by atoms with Gasteiger partial charge in [0.2, 0.25) is 17.7 Å². The lowest BCUT2D eigenvalue weighted by Crippen LogP contribution is -2.56. The van der Waals surface area contributed by atoms with Crippen molar-refractivity contribution in [3.63, 3.8) is 0 Å². The van der Waals surface area contributed by atoms with E-state index in [-0.39, 0.29) is 12.8 Å². The topological polar surface area (TPSA) is 195 Å². The van der Waals surface area contributed by atoms with Gasteiger partial charge in [0.1, 0.15) is 18.1 Å². The van der Waals surface area contributed by atoms with Crippen molar-refractivity contribution in [2.45, 2.75) is 50.9 Å². The molecule has 8 N–H and O–H groups in total. The van der Waals surface area contributed by atoms with Crippen molar-refractivity contribution in [3.05, 3.63) is 54.2 Å². The summed E-state index contributed by atoms with van der Waals surface area (Å²) in [5, 5.41) is 17.4. The van der Waals surface area contributed by atoms with Crippen LogP contribution in [0.4, 0.5) is 0 Å². The van der Waals surface area contributed by atoms with Crippen LogP contribution in [0.15, 0.2) is 43.0 Å². The maximum Gasteiger partial charge on any atom is 0.325 e. The highest BCUT2D eigenvalue weighted by molar-refractivity contribution is 5.94. The van der Waals surface area contributed by atoms with Crippen LogP contribution < -0.4 is 21.7 Å². The molecule has 1 aromatic carbocycles. The van der Waals surface area contributed by atoms with Crippen molar-refractivity contribution < 1.29 is 24.3 Å². The molecule has 0 aliphatic carbocycles. The average Bonchev–Trinajstić information content (AvgIpc) is 3.48. The second-order valence-corrected chi connectivity index (χ2v) is 8.31. The van der Waals surface area contributed by atoms with Crippen molar-refractivity contribution >= 4 is 34.6 Å². The molecule has 12 heteroatoms. The van der Waals surface area contributed by atoms with Gasteiger partial charge in [-0.2, -0.15) is 0 Å². The molecule has 3 amide bonds. The normalized spacial score (nSPS) is 14.5. The number of nitrogens with zero attached hydrogens (tertiary/aromatic N) is 1. The molecular weight excluding hydrogens is 454 g/mol. The number of carbonyl (C=O) groups excluding carboxylic acids is 3. The van der Waals surface area contributed by atoms with Crippen molar-refractivity contribution in [3.8, 4) is 0 Å². The Kier molecular flexibility index (Phi) is 8.21. The number of hydrogen-bond donors (Lipinski definition) is 7. The Labute approximate surface area is 201 Å². The molecule has 186 valence electrons. The quantitative estimate of drug-likeness (QED) is 0.192. The van der Waals surface area contributed by atoms with Gasteiger partial charge in [-0.1, -0.05) is 18.2 Å². The monoisotopic (exact) mass is 483 g/mol. The van der Waals surface area contributed by atoms with Gasteiger partial charge >= 0.3 is 5.97 Å². The lowest BCUT2D eigenvalue weighted by Gasteiger charge is -2.23. The molecule has 0 bridgehead atoms. The molecule has 0 aliphatic heterocycles. The summed E-state index contributed by atoms with van der Waals surface area (Å²) in [6.45, 7) is 2.74. The van der Waals surface area contributed by atoms with E-state index in [9.17, 15) is 19.2 Å². The number of para-hydroxylation sites is 1. The summed E-state index contributed by atoms with van der Waals surface area (Å²) in [7, 11) is 0. The molecule has 4 unspecified atom stereocenters. The van der Waals surface area contributed by atoms with Crippen molar-refractivity contribution in [1.29, 1.82) is 0 Å². The molecule has 0 aliphatic rings. The highest BCUT2D eigenvalue weighted by Gasteiger charge is 2.28. The van der Waals surface area contributed by atoms with E-state index in [4.69, 9.17) is 10.8 Å². The highest BCUT2D eigenvalue weighted by atomic mass is 16.4. The number of rotatable bonds is 11. The molecule has 3 aromatic rings.